The van der Waals surface area contributed by atoms with E-state index in [9.17, 15) is 5.11 Å². The van der Waals surface area contributed by atoms with Gasteiger partial charge in [-0.25, -0.2) is 0 Å². The van der Waals surface area contributed by atoms with Crippen molar-refractivity contribution in [2.45, 2.75) is 33.2 Å². The molecule has 0 aliphatic heterocycles. The lowest BCUT2D eigenvalue weighted by molar-refractivity contribution is 0.169. The van der Waals surface area contributed by atoms with E-state index in [1.54, 1.807) is 12.1 Å². The molecule has 1 aromatic rings. The Morgan fingerprint density at radius 2 is 1.60 bits per heavy atom. The van der Waals surface area contributed by atoms with Crippen molar-refractivity contribution in [3.05, 3.63) is 29.8 Å². The van der Waals surface area contributed by atoms with E-state index in [-0.39, 0.29) is 0 Å². The molecule has 3 nitrogen and oxygen atoms in total. The first-order valence-electron chi connectivity index (χ1n) is 7.55. The molecule has 0 fully saturated rings. The van der Waals surface area contributed by atoms with Gasteiger partial charge in [-0.15, -0.1) is 0 Å². The molecule has 1 aromatic carbocycles. The largest absolute Gasteiger partial charge is 0.508 e. The third-order valence-electron chi connectivity index (χ3n) is 3.52. The summed E-state index contributed by atoms with van der Waals surface area (Å²) in [6, 6.07) is 8.10. The van der Waals surface area contributed by atoms with E-state index in [1.807, 2.05) is 12.1 Å². The zero-order valence-electron chi connectivity index (χ0n) is 13.6. The fourth-order valence-corrected chi connectivity index (χ4v) is 2.39. The number of phenols is 1. The van der Waals surface area contributed by atoms with Crippen LogP contribution < -0.4 is 0 Å². The first-order valence-corrected chi connectivity index (χ1v) is 7.55. The van der Waals surface area contributed by atoms with Crippen molar-refractivity contribution in [3.63, 3.8) is 0 Å². The van der Waals surface area contributed by atoms with Gasteiger partial charge >= 0.3 is 0 Å². The fourth-order valence-electron chi connectivity index (χ4n) is 2.39. The smallest absolute Gasteiger partial charge is 0.115 e. The summed E-state index contributed by atoms with van der Waals surface area (Å²) in [6.07, 6.45) is 1.03. The number of hydrogen-bond acceptors (Lipinski definition) is 3. The van der Waals surface area contributed by atoms with Crippen LogP contribution in [-0.4, -0.2) is 54.7 Å². The van der Waals surface area contributed by atoms with E-state index in [0.29, 0.717) is 17.7 Å². The van der Waals surface area contributed by atoms with Crippen LogP contribution in [0.4, 0.5) is 0 Å². The Balaban J connectivity index is 2.61. The summed E-state index contributed by atoms with van der Waals surface area (Å²) < 4.78 is 0. The van der Waals surface area contributed by atoms with Gasteiger partial charge in [0.25, 0.3) is 0 Å². The van der Waals surface area contributed by atoms with Crippen LogP contribution in [0.2, 0.25) is 0 Å². The zero-order valence-corrected chi connectivity index (χ0v) is 13.6. The van der Waals surface area contributed by atoms with Crippen LogP contribution in [0, 0.1) is 5.92 Å². The second kappa shape index (κ2) is 8.28. The van der Waals surface area contributed by atoms with Crippen molar-refractivity contribution < 1.29 is 5.11 Å². The fraction of sp³-hybridized carbons (Fsp3) is 0.647. The molecule has 0 saturated heterocycles. The minimum absolute atomic E-state index is 0.341. The lowest BCUT2D eigenvalue weighted by atomic mass is 10.0. The van der Waals surface area contributed by atoms with E-state index < -0.39 is 0 Å². The molecular formula is C17H30N2O. The van der Waals surface area contributed by atoms with Gasteiger partial charge in [-0.1, -0.05) is 26.0 Å². The monoisotopic (exact) mass is 278 g/mol. The quantitative estimate of drug-likeness (QED) is 0.792. The topological polar surface area (TPSA) is 26.7 Å². The molecular weight excluding hydrogens is 248 g/mol. The van der Waals surface area contributed by atoms with Gasteiger partial charge in [0.15, 0.2) is 0 Å². The van der Waals surface area contributed by atoms with E-state index in [0.717, 1.165) is 26.1 Å². The lowest BCUT2D eigenvalue weighted by Crippen LogP contribution is -2.41. The second-order valence-electron chi connectivity index (χ2n) is 6.41. The number of likely N-dealkylation sites (N-methyl/N-ethyl adjacent to an activating group) is 1. The summed E-state index contributed by atoms with van der Waals surface area (Å²) >= 11 is 0. The highest BCUT2D eigenvalue weighted by atomic mass is 16.3. The van der Waals surface area contributed by atoms with Gasteiger partial charge in [0, 0.05) is 25.7 Å². The summed E-state index contributed by atoms with van der Waals surface area (Å²) in [5.41, 5.74) is 1.29. The maximum absolute atomic E-state index is 9.35. The van der Waals surface area contributed by atoms with Crippen LogP contribution in [0.5, 0.6) is 5.75 Å². The van der Waals surface area contributed by atoms with Crippen LogP contribution in [-0.2, 0) is 6.42 Å². The Bertz CT molecular complexity index is 373. The molecule has 3 heteroatoms. The van der Waals surface area contributed by atoms with Gasteiger partial charge in [-0.2, -0.15) is 0 Å². The molecule has 1 atom stereocenters. The van der Waals surface area contributed by atoms with Crippen LogP contribution >= 0.6 is 0 Å². The highest BCUT2D eigenvalue weighted by molar-refractivity contribution is 5.26. The second-order valence-corrected chi connectivity index (χ2v) is 6.41. The average Bonchev–Trinajstić information content (AvgIpc) is 2.36. The van der Waals surface area contributed by atoms with Crippen LogP contribution in [0.1, 0.15) is 26.3 Å². The van der Waals surface area contributed by atoms with Crippen molar-refractivity contribution in [3.8, 4) is 5.75 Å². The Kier molecular flexibility index (Phi) is 7.03. The van der Waals surface area contributed by atoms with Gasteiger partial charge in [0.2, 0.25) is 0 Å². The summed E-state index contributed by atoms with van der Waals surface area (Å²) in [5.74, 6) is 1.02. The first-order chi connectivity index (χ1) is 9.38. The molecule has 0 bridgehead atoms. The minimum Gasteiger partial charge on any atom is -0.508 e. The van der Waals surface area contributed by atoms with Crippen LogP contribution in [0.15, 0.2) is 24.3 Å². The summed E-state index contributed by atoms with van der Waals surface area (Å²) in [5, 5.41) is 9.35. The molecule has 1 rings (SSSR count). The molecule has 0 radical (unpaired) electrons. The van der Waals surface area contributed by atoms with Crippen molar-refractivity contribution in [1.29, 1.82) is 0 Å². The predicted molar refractivity (Wildman–Crippen MR) is 86.2 cm³/mol. The Hall–Kier alpha value is -1.06. The van der Waals surface area contributed by atoms with Crippen molar-refractivity contribution >= 4 is 0 Å². The van der Waals surface area contributed by atoms with E-state index in [2.05, 4.69) is 44.7 Å². The van der Waals surface area contributed by atoms with Gasteiger partial charge in [-0.3, -0.25) is 4.90 Å². The molecule has 0 aromatic heterocycles. The summed E-state index contributed by atoms with van der Waals surface area (Å²) in [7, 11) is 4.25. The van der Waals surface area contributed by atoms with Crippen molar-refractivity contribution in [2.75, 3.05) is 33.7 Å². The molecule has 0 spiro atoms. The molecule has 20 heavy (non-hydrogen) atoms. The first kappa shape index (κ1) is 17.0. The number of aromatic hydroxyl groups is 1. The molecule has 0 aliphatic carbocycles. The summed E-state index contributed by atoms with van der Waals surface area (Å²) in [6.45, 7) is 10.2. The van der Waals surface area contributed by atoms with E-state index in [4.69, 9.17) is 0 Å². The van der Waals surface area contributed by atoms with E-state index in [1.165, 1.54) is 5.56 Å². The molecule has 0 aliphatic rings. The highest BCUT2D eigenvalue weighted by Gasteiger charge is 2.15. The molecule has 1 unspecified atom stereocenters. The third-order valence-corrected chi connectivity index (χ3v) is 3.52. The van der Waals surface area contributed by atoms with E-state index >= 15 is 0 Å². The Morgan fingerprint density at radius 3 is 2.10 bits per heavy atom. The Labute approximate surface area is 124 Å². The van der Waals surface area contributed by atoms with Crippen LogP contribution in [0.3, 0.4) is 0 Å². The molecule has 0 amide bonds. The molecule has 0 saturated carbocycles. The number of hydrogen-bond donors (Lipinski definition) is 1. The van der Waals surface area contributed by atoms with Gasteiger partial charge in [0.05, 0.1) is 0 Å². The lowest BCUT2D eigenvalue weighted by Gasteiger charge is -2.31. The SMILES string of the molecule is CC(C)CN(CCN(C)C)C(C)Cc1ccc(O)cc1. The maximum atomic E-state index is 9.35. The molecule has 0 heterocycles. The normalized spacial score (nSPS) is 13.4. The number of phenolic OH excluding ortho intramolecular Hbond substituents is 1. The van der Waals surface area contributed by atoms with Gasteiger partial charge in [0.1, 0.15) is 5.75 Å². The molecule has 1 N–H and O–H groups in total. The highest BCUT2D eigenvalue weighted by Crippen LogP contribution is 2.14. The van der Waals surface area contributed by atoms with Crippen molar-refractivity contribution in [2.24, 2.45) is 5.92 Å². The van der Waals surface area contributed by atoms with Crippen LogP contribution in [0.25, 0.3) is 0 Å². The molecule has 114 valence electrons. The summed E-state index contributed by atoms with van der Waals surface area (Å²) in [4.78, 5) is 4.80. The maximum Gasteiger partial charge on any atom is 0.115 e. The van der Waals surface area contributed by atoms with Crippen molar-refractivity contribution in [1.82, 2.24) is 9.80 Å². The third kappa shape index (κ3) is 6.40. The minimum atomic E-state index is 0.341. The number of benzene rings is 1. The standard InChI is InChI=1S/C17H30N2O/c1-14(2)13-19(11-10-18(4)5)15(3)12-16-6-8-17(20)9-7-16/h6-9,14-15,20H,10-13H2,1-5H3. The number of rotatable bonds is 8. The van der Waals surface area contributed by atoms with Gasteiger partial charge < -0.3 is 10.0 Å². The Morgan fingerprint density at radius 1 is 1.00 bits per heavy atom. The number of nitrogens with zero attached hydrogens (tertiary/aromatic N) is 2. The van der Waals surface area contributed by atoms with Gasteiger partial charge in [-0.05, 0) is 51.1 Å². The predicted octanol–water partition coefficient (Wildman–Crippen LogP) is 2.84. The zero-order chi connectivity index (χ0) is 15.1. The average molecular weight is 278 g/mol.